The Labute approximate surface area is 120 Å². The first-order valence-corrected chi connectivity index (χ1v) is 6.79. The molecule has 1 fully saturated rings. The number of nitrogens with one attached hydrogen (secondary N) is 1. The summed E-state index contributed by atoms with van der Waals surface area (Å²) in [6.45, 7) is -0.526. The number of aliphatic hydroxyl groups excluding tert-OH is 3. The van der Waals surface area contributed by atoms with Gasteiger partial charge in [0.15, 0.2) is 11.9 Å². The minimum Gasteiger partial charge on any atom is -0.394 e. The number of hydrogen-bond acceptors (Lipinski definition) is 9. The number of hydrogen-bond donors (Lipinski definition) is 5. The lowest BCUT2D eigenvalue weighted by Gasteiger charge is -2.15. The van der Waals surface area contributed by atoms with E-state index in [1.807, 2.05) is 0 Å². The summed E-state index contributed by atoms with van der Waals surface area (Å²) in [4.78, 5) is 29.3. The Morgan fingerprint density at radius 1 is 1.38 bits per heavy atom. The molecular formula is C10H12N4O6S. The van der Waals surface area contributed by atoms with Crippen LogP contribution in [0.25, 0.3) is 10.3 Å². The molecule has 2 aromatic rings. The van der Waals surface area contributed by atoms with Crippen LogP contribution in [0.3, 0.4) is 0 Å². The van der Waals surface area contributed by atoms with E-state index in [2.05, 4.69) is 9.97 Å². The Balaban J connectivity index is 2.20. The van der Waals surface area contributed by atoms with E-state index in [-0.39, 0.29) is 16.3 Å². The fraction of sp³-hybridized carbons (Fsp3) is 0.500. The molecule has 0 bridgehead atoms. The lowest BCUT2D eigenvalue weighted by atomic mass is 10.1. The largest absolute Gasteiger partial charge is 0.394 e. The van der Waals surface area contributed by atoms with E-state index < -0.39 is 41.6 Å². The van der Waals surface area contributed by atoms with Gasteiger partial charge in [-0.25, -0.2) is 0 Å². The van der Waals surface area contributed by atoms with E-state index in [1.54, 1.807) is 0 Å². The molecule has 0 spiro atoms. The normalized spacial score (nSPS) is 29.3. The molecule has 1 aliphatic rings. The molecule has 4 atom stereocenters. The number of H-pyrrole nitrogens is 1. The second kappa shape index (κ2) is 4.89. The molecule has 0 radical (unpaired) electrons. The van der Waals surface area contributed by atoms with Gasteiger partial charge in [0.05, 0.1) is 6.61 Å². The minimum atomic E-state index is -1.44. The van der Waals surface area contributed by atoms with E-state index >= 15 is 0 Å². The van der Waals surface area contributed by atoms with Gasteiger partial charge in [0.25, 0.3) is 5.56 Å². The van der Waals surface area contributed by atoms with Gasteiger partial charge in [-0.3, -0.25) is 19.1 Å². The van der Waals surface area contributed by atoms with Gasteiger partial charge in [-0.1, -0.05) is 11.3 Å². The number of nitrogens with two attached hydrogens (primary N) is 1. The van der Waals surface area contributed by atoms with Crippen molar-refractivity contribution in [2.75, 3.05) is 12.3 Å². The van der Waals surface area contributed by atoms with Gasteiger partial charge in [0.2, 0.25) is 5.95 Å². The number of anilines is 1. The average molecular weight is 316 g/mol. The van der Waals surface area contributed by atoms with Gasteiger partial charge in [-0.05, 0) is 0 Å². The number of ether oxygens (including phenoxy) is 1. The summed E-state index contributed by atoms with van der Waals surface area (Å²) in [5.74, 6) is -0.189. The highest BCUT2D eigenvalue weighted by Gasteiger charge is 2.44. The first-order valence-electron chi connectivity index (χ1n) is 5.97. The Hall–Kier alpha value is -1.79. The van der Waals surface area contributed by atoms with Crippen molar-refractivity contribution in [2.24, 2.45) is 0 Å². The monoisotopic (exact) mass is 316 g/mol. The quantitative estimate of drug-likeness (QED) is 0.400. The lowest BCUT2D eigenvalue weighted by molar-refractivity contribution is -0.0518. The third-order valence-electron chi connectivity index (χ3n) is 3.26. The maximum absolute atomic E-state index is 12.0. The van der Waals surface area contributed by atoms with Crippen LogP contribution in [0.15, 0.2) is 9.59 Å². The highest BCUT2D eigenvalue weighted by Crippen LogP contribution is 2.30. The van der Waals surface area contributed by atoms with E-state index in [0.29, 0.717) is 11.3 Å². The Bertz CT molecular complexity index is 797. The smallest absolute Gasteiger partial charge is 0.311 e. The Morgan fingerprint density at radius 2 is 2.10 bits per heavy atom. The Kier molecular flexibility index (Phi) is 3.30. The minimum absolute atomic E-state index is 0.0342. The molecule has 2 aromatic heterocycles. The molecule has 3 rings (SSSR count). The predicted octanol–water partition coefficient (Wildman–Crippen LogP) is -2.66. The van der Waals surface area contributed by atoms with Gasteiger partial charge in [0.1, 0.15) is 23.0 Å². The molecule has 3 heterocycles. The number of rotatable bonds is 2. The van der Waals surface area contributed by atoms with Crippen LogP contribution < -0.4 is 16.2 Å². The van der Waals surface area contributed by atoms with Crippen molar-refractivity contribution < 1.29 is 20.1 Å². The van der Waals surface area contributed by atoms with Crippen molar-refractivity contribution >= 4 is 27.6 Å². The topological polar surface area (TPSA) is 164 Å². The second-order valence-electron chi connectivity index (χ2n) is 4.57. The highest BCUT2D eigenvalue weighted by atomic mass is 32.1. The van der Waals surface area contributed by atoms with E-state index in [0.717, 1.165) is 4.57 Å². The van der Waals surface area contributed by atoms with Crippen molar-refractivity contribution in [3.63, 3.8) is 0 Å². The van der Waals surface area contributed by atoms with Crippen molar-refractivity contribution in [2.45, 2.75) is 24.5 Å². The number of aromatic nitrogens is 3. The molecule has 0 aliphatic carbocycles. The molecule has 0 saturated carbocycles. The zero-order chi connectivity index (χ0) is 15.3. The SMILES string of the molecule is Nc1nc2c(sc(=O)n2[C@@H]2O[C@H](CO)[C@@H](O)C2O)c(=O)[nH]1. The van der Waals surface area contributed by atoms with Crippen LogP contribution in [0.1, 0.15) is 6.23 Å². The molecular weight excluding hydrogens is 304 g/mol. The summed E-state index contributed by atoms with van der Waals surface area (Å²) in [6, 6.07) is 0. The first-order chi connectivity index (χ1) is 9.93. The van der Waals surface area contributed by atoms with Gasteiger partial charge in [0, 0.05) is 0 Å². The molecule has 21 heavy (non-hydrogen) atoms. The summed E-state index contributed by atoms with van der Waals surface area (Å²) in [7, 11) is 0. The maximum atomic E-state index is 12.0. The number of nitrogens with zero attached hydrogens (tertiary/aromatic N) is 2. The van der Waals surface area contributed by atoms with Gasteiger partial charge < -0.3 is 25.8 Å². The third-order valence-corrected chi connectivity index (χ3v) is 4.21. The molecule has 1 unspecified atom stereocenters. The molecule has 1 aliphatic heterocycles. The predicted molar refractivity (Wildman–Crippen MR) is 71.9 cm³/mol. The van der Waals surface area contributed by atoms with Gasteiger partial charge >= 0.3 is 4.87 Å². The van der Waals surface area contributed by atoms with Crippen LogP contribution in [-0.2, 0) is 4.74 Å². The molecule has 1 saturated heterocycles. The molecule has 11 heteroatoms. The van der Waals surface area contributed by atoms with Crippen molar-refractivity contribution in [1.82, 2.24) is 14.5 Å². The summed E-state index contributed by atoms with van der Waals surface area (Å²) in [6.07, 6.45) is -5.10. The van der Waals surface area contributed by atoms with Crippen molar-refractivity contribution in [3.8, 4) is 0 Å². The number of aromatic amines is 1. The Morgan fingerprint density at radius 3 is 2.71 bits per heavy atom. The fourth-order valence-corrected chi connectivity index (χ4v) is 3.11. The van der Waals surface area contributed by atoms with Gasteiger partial charge in [-0.15, -0.1) is 0 Å². The zero-order valence-electron chi connectivity index (χ0n) is 10.5. The molecule has 0 amide bonds. The van der Waals surface area contributed by atoms with Crippen LogP contribution in [0, 0.1) is 0 Å². The van der Waals surface area contributed by atoms with Crippen LogP contribution in [0.5, 0.6) is 0 Å². The van der Waals surface area contributed by atoms with E-state index in [9.17, 15) is 19.8 Å². The van der Waals surface area contributed by atoms with E-state index in [4.69, 9.17) is 15.6 Å². The van der Waals surface area contributed by atoms with Gasteiger partial charge in [-0.2, -0.15) is 4.98 Å². The number of nitrogen functional groups attached to an aromatic ring is 1. The first kappa shape index (κ1) is 14.2. The fourth-order valence-electron chi connectivity index (χ4n) is 2.26. The van der Waals surface area contributed by atoms with Crippen LogP contribution in [0.2, 0.25) is 0 Å². The second-order valence-corrected chi connectivity index (χ2v) is 5.53. The average Bonchev–Trinajstić information content (AvgIpc) is 2.89. The van der Waals surface area contributed by atoms with Crippen LogP contribution in [0.4, 0.5) is 5.95 Å². The number of fused-ring (bicyclic) bond motifs is 1. The van der Waals surface area contributed by atoms with Crippen molar-refractivity contribution in [3.05, 3.63) is 20.0 Å². The van der Waals surface area contributed by atoms with Crippen molar-refractivity contribution in [1.29, 1.82) is 0 Å². The number of thiazole rings is 1. The maximum Gasteiger partial charge on any atom is 0.311 e. The van der Waals surface area contributed by atoms with E-state index in [1.165, 1.54) is 0 Å². The lowest BCUT2D eigenvalue weighted by Crippen LogP contribution is -2.34. The molecule has 114 valence electrons. The zero-order valence-corrected chi connectivity index (χ0v) is 11.3. The summed E-state index contributed by atoms with van der Waals surface area (Å²) >= 11 is 0.623. The van der Waals surface area contributed by atoms with Crippen LogP contribution >= 0.6 is 11.3 Å². The third kappa shape index (κ3) is 2.06. The standard InChI is InChI=1S/C10H12N4O6S/c11-9-12-6-5(7(18)13-9)21-10(19)14(6)8-4(17)3(16)2(1-15)20-8/h2-4,8,15-17H,1H2,(H3,11,12,13,18)/t2-,3-,4?,8-/m1/s1. The molecule has 6 N–H and O–H groups in total. The summed E-state index contributed by atoms with van der Waals surface area (Å²) in [5, 5.41) is 28.8. The summed E-state index contributed by atoms with van der Waals surface area (Å²) in [5.41, 5.74) is 4.83. The number of aliphatic hydroxyl groups is 3. The van der Waals surface area contributed by atoms with Crippen LogP contribution in [-0.4, -0.2) is 54.8 Å². The molecule has 10 nitrogen and oxygen atoms in total. The summed E-state index contributed by atoms with van der Waals surface area (Å²) < 4.78 is 6.26. The molecule has 0 aromatic carbocycles. The highest BCUT2D eigenvalue weighted by molar-refractivity contribution is 7.16.